The predicted octanol–water partition coefficient (Wildman–Crippen LogP) is 3.27. The Kier molecular flexibility index (Phi) is 7.22. The smallest absolute Gasteiger partial charge is 0.207 e. The fourth-order valence-corrected chi connectivity index (χ4v) is 5.10. The van der Waals surface area contributed by atoms with Gasteiger partial charge >= 0.3 is 0 Å². The van der Waals surface area contributed by atoms with Crippen LogP contribution in [0.1, 0.15) is 22.3 Å². The van der Waals surface area contributed by atoms with Crippen LogP contribution < -0.4 is 15.0 Å². The van der Waals surface area contributed by atoms with E-state index in [4.69, 9.17) is 14.5 Å². The molecule has 5 rings (SSSR count). The summed E-state index contributed by atoms with van der Waals surface area (Å²) in [6.45, 7) is 15.0. The lowest BCUT2D eigenvalue weighted by Crippen LogP contribution is -2.44. The van der Waals surface area contributed by atoms with Gasteiger partial charge in [-0.3, -0.25) is 4.90 Å². The van der Waals surface area contributed by atoms with Gasteiger partial charge in [-0.15, -0.1) is 0 Å². The van der Waals surface area contributed by atoms with E-state index in [1.54, 1.807) is 0 Å². The van der Waals surface area contributed by atoms with Crippen LogP contribution in [0.3, 0.4) is 0 Å². The second kappa shape index (κ2) is 10.5. The van der Waals surface area contributed by atoms with E-state index in [9.17, 15) is 4.39 Å². The zero-order chi connectivity index (χ0) is 24.4. The molecule has 0 bridgehead atoms. The second-order valence-corrected chi connectivity index (χ2v) is 9.71. The number of piperazine rings is 1. The van der Waals surface area contributed by atoms with E-state index in [0.717, 1.165) is 92.9 Å². The number of aromatic nitrogens is 2. The highest BCUT2D eigenvalue weighted by atomic mass is 19.1. The third kappa shape index (κ3) is 5.29. The molecule has 2 aromatic carbocycles. The Morgan fingerprint density at radius 2 is 1.71 bits per heavy atom. The number of nitrogens with zero attached hydrogens (tertiary/aromatic N) is 4. The van der Waals surface area contributed by atoms with Gasteiger partial charge in [0.1, 0.15) is 23.7 Å². The van der Waals surface area contributed by atoms with Crippen molar-refractivity contribution in [2.45, 2.75) is 27.3 Å². The molecule has 2 aliphatic heterocycles. The highest BCUT2D eigenvalue weighted by Crippen LogP contribution is 2.32. The average molecular weight is 482 g/mol. The van der Waals surface area contributed by atoms with Crippen molar-refractivity contribution in [3.63, 3.8) is 0 Å². The molecule has 35 heavy (non-hydrogen) atoms. The molecular weight excluding hydrogens is 445 g/mol. The zero-order valence-electron chi connectivity index (χ0n) is 21.1. The van der Waals surface area contributed by atoms with Gasteiger partial charge in [0.25, 0.3) is 0 Å². The molecule has 0 aliphatic carbocycles. The monoisotopic (exact) mass is 481 g/mol. The number of imidazole rings is 1. The van der Waals surface area contributed by atoms with Crippen LogP contribution in [0.4, 0.5) is 10.3 Å². The fourth-order valence-electron chi connectivity index (χ4n) is 5.10. The lowest BCUT2D eigenvalue weighted by atomic mass is 10.1. The summed E-state index contributed by atoms with van der Waals surface area (Å²) in [5.41, 5.74) is 5.51. The van der Waals surface area contributed by atoms with Crippen molar-refractivity contribution < 1.29 is 13.9 Å². The number of aryl methyl sites for hydroxylation is 3. The molecule has 7 nitrogen and oxygen atoms in total. The van der Waals surface area contributed by atoms with E-state index in [2.05, 4.69) is 38.7 Å². The van der Waals surface area contributed by atoms with E-state index < -0.39 is 0 Å². The number of nitrogens with one attached hydrogen (secondary N) is 1. The Bertz CT molecular complexity index is 1160. The first-order valence-electron chi connectivity index (χ1n) is 12.6. The summed E-state index contributed by atoms with van der Waals surface area (Å²) < 4.78 is 28.4. The zero-order valence-corrected chi connectivity index (χ0v) is 21.1. The van der Waals surface area contributed by atoms with Crippen LogP contribution in [-0.4, -0.2) is 80.1 Å². The van der Waals surface area contributed by atoms with Crippen molar-refractivity contribution in [2.24, 2.45) is 0 Å². The molecule has 3 heterocycles. The Hall–Kier alpha value is -2.68. The number of benzene rings is 2. The van der Waals surface area contributed by atoms with E-state index in [0.29, 0.717) is 24.3 Å². The Morgan fingerprint density at radius 1 is 1.00 bits per heavy atom. The summed E-state index contributed by atoms with van der Waals surface area (Å²) in [7, 11) is 0. The van der Waals surface area contributed by atoms with Gasteiger partial charge < -0.3 is 24.3 Å². The summed E-state index contributed by atoms with van der Waals surface area (Å²) in [6.07, 6.45) is 0. The molecular formula is C27H36FN5O2. The van der Waals surface area contributed by atoms with Crippen molar-refractivity contribution in [3.05, 3.63) is 52.3 Å². The Morgan fingerprint density at radius 3 is 2.43 bits per heavy atom. The minimum absolute atomic E-state index is 0.127. The molecule has 0 amide bonds. The number of morpholine rings is 1. The Labute approximate surface area is 206 Å². The molecule has 1 aromatic heterocycles. The molecule has 0 radical (unpaired) electrons. The number of ether oxygens (including phenoxy) is 2. The lowest BCUT2D eigenvalue weighted by Gasteiger charge is -2.29. The number of hydrogen-bond acceptors (Lipinski definition) is 6. The van der Waals surface area contributed by atoms with Gasteiger partial charge in [-0.25, -0.2) is 9.37 Å². The van der Waals surface area contributed by atoms with Crippen molar-refractivity contribution in [1.29, 1.82) is 0 Å². The number of anilines is 1. The van der Waals surface area contributed by atoms with Crippen molar-refractivity contribution in [2.75, 3.05) is 70.5 Å². The normalized spacial score (nSPS) is 17.3. The molecule has 0 saturated carbocycles. The molecule has 0 atom stereocenters. The molecule has 0 unspecified atom stereocenters. The molecule has 1 N–H and O–H groups in total. The van der Waals surface area contributed by atoms with Gasteiger partial charge in [0.2, 0.25) is 5.95 Å². The van der Waals surface area contributed by atoms with Crippen molar-refractivity contribution in [3.8, 4) is 5.75 Å². The van der Waals surface area contributed by atoms with Crippen LogP contribution in [0, 0.1) is 26.6 Å². The van der Waals surface area contributed by atoms with Gasteiger partial charge in [-0.1, -0.05) is 12.1 Å². The van der Waals surface area contributed by atoms with Crippen molar-refractivity contribution in [1.82, 2.24) is 19.8 Å². The summed E-state index contributed by atoms with van der Waals surface area (Å²) in [5, 5.41) is 3.43. The van der Waals surface area contributed by atoms with Gasteiger partial charge in [-0.05, 0) is 55.2 Å². The third-order valence-corrected chi connectivity index (χ3v) is 6.95. The van der Waals surface area contributed by atoms with Crippen LogP contribution in [0.25, 0.3) is 11.0 Å². The maximum atomic E-state index is 14.3. The van der Waals surface area contributed by atoms with Crippen LogP contribution in [0.2, 0.25) is 0 Å². The van der Waals surface area contributed by atoms with Gasteiger partial charge in [0.15, 0.2) is 0 Å². The lowest BCUT2D eigenvalue weighted by molar-refractivity contribution is 0.0323. The van der Waals surface area contributed by atoms with E-state index in [-0.39, 0.29) is 5.82 Å². The SMILES string of the molecule is Cc1cc(OCCN2CCOCC2)c2nc(N3CCNCC3)n(Cc3cc(C)c(F)c(C)c3)c2c1. The number of fused-ring (bicyclic) bond motifs is 1. The minimum atomic E-state index is -0.127. The van der Waals surface area contributed by atoms with Crippen LogP contribution in [0.5, 0.6) is 5.75 Å². The molecule has 0 spiro atoms. The Balaban J connectivity index is 1.49. The molecule has 3 aromatic rings. The third-order valence-electron chi connectivity index (χ3n) is 6.95. The van der Waals surface area contributed by atoms with Crippen LogP contribution in [0.15, 0.2) is 24.3 Å². The van der Waals surface area contributed by atoms with Gasteiger partial charge in [0, 0.05) is 45.8 Å². The highest BCUT2D eigenvalue weighted by Gasteiger charge is 2.22. The highest BCUT2D eigenvalue weighted by molar-refractivity contribution is 5.86. The second-order valence-electron chi connectivity index (χ2n) is 9.71. The van der Waals surface area contributed by atoms with E-state index in [1.165, 1.54) is 0 Å². The maximum Gasteiger partial charge on any atom is 0.207 e. The first kappa shape index (κ1) is 24.0. The molecule has 2 aliphatic rings. The molecule has 2 fully saturated rings. The average Bonchev–Trinajstić information content (AvgIpc) is 3.22. The molecule has 8 heteroatoms. The summed E-state index contributed by atoms with van der Waals surface area (Å²) in [6, 6.07) is 8.18. The van der Waals surface area contributed by atoms with Crippen LogP contribution in [-0.2, 0) is 11.3 Å². The first-order chi connectivity index (χ1) is 17.0. The standard InChI is InChI=1S/C27H36FN5O2/c1-19-14-23-26(24(15-19)35-13-10-31-8-11-34-12-9-31)30-27(32-6-4-29-5-7-32)33(23)18-22-16-20(2)25(28)21(3)17-22/h14-17,29H,4-13,18H2,1-3H3. The summed E-state index contributed by atoms with van der Waals surface area (Å²) in [4.78, 5) is 9.85. The largest absolute Gasteiger partial charge is 0.490 e. The minimum Gasteiger partial charge on any atom is -0.490 e. The maximum absolute atomic E-state index is 14.3. The molecule has 188 valence electrons. The number of halogens is 1. The quantitative estimate of drug-likeness (QED) is 0.559. The predicted molar refractivity (Wildman–Crippen MR) is 137 cm³/mol. The molecule has 2 saturated heterocycles. The van der Waals surface area contributed by atoms with Crippen LogP contribution >= 0.6 is 0 Å². The fraction of sp³-hybridized carbons (Fsp3) is 0.519. The number of hydrogen-bond donors (Lipinski definition) is 1. The van der Waals surface area contributed by atoms with Crippen molar-refractivity contribution >= 4 is 17.0 Å². The summed E-state index contributed by atoms with van der Waals surface area (Å²) in [5.74, 6) is 1.65. The number of rotatable bonds is 7. The summed E-state index contributed by atoms with van der Waals surface area (Å²) >= 11 is 0. The van der Waals surface area contributed by atoms with Gasteiger partial charge in [0.05, 0.1) is 25.3 Å². The van der Waals surface area contributed by atoms with E-state index >= 15 is 0 Å². The van der Waals surface area contributed by atoms with Gasteiger partial charge in [-0.2, -0.15) is 0 Å². The topological polar surface area (TPSA) is 54.8 Å². The first-order valence-corrected chi connectivity index (χ1v) is 12.6. The van der Waals surface area contributed by atoms with E-state index in [1.807, 2.05) is 26.0 Å².